The number of carbonyl (C=O) groups excluding carboxylic acids is 1. The van der Waals surface area contributed by atoms with Crippen molar-refractivity contribution >= 4 is 12.0 Å². The maximum absolute atomic E-state index is 15.6. The first-order valence-electron chi connectivity index (χ1n) is 12.9. The van der Waals surface area contributed by atoms with Gasteiger partial charge in [0.1, 0.15) is 11.6 Å². The summed E-state index contributed by atoms with van der Waals surface area (Å²) < 4.78 is 17.2. The van der Waals surface area contributed by atoms with E-state index in [-0.39, 0.29) is 23.3 Å². The van der Waals surface area contributed by atoms with E-state index in [1.54, 1.807) is 24.5 Å². The lowest BCUT2D eigenvalue weighted by atomic mass is 9.98. The molecule has 1 saturated heterocycles. The fourth-order valence-corrected chi connectivity index (χ4v) is 5.47. The van der Waals surface area contributed by atoms with E-state index in [1.807, 2.05) is 17.0 Å². The first-order valence-corrected chi connectivity index (χ1v) is 12.9. The third-order valence-corrected chi connectivity index (χ3v) is 7.92. The first kappa shape index (κ1) is 22.9. The first-order chi connectivity index (χ1) is 17.4. The molecule has 1 amide bonds. The highest BCUT2D eigenvalue weighted by atomic mass is 19.1. The van der Waals surface area contributed by atoms with E-state index in [9.17, 15) is 9.59 Å². The van der Waals surface area contributed by atoms with E-state index in [0.717, 1.165) is 43.4 Å². The summed E-state index contributed by atoms with van der Waals surface area (Å²) >= 11 is 0. The van der Waals surface area contributed by atoms with Crippen molar-refractivity contribution in [3.63, 3.8) is 0 Å². The molecule has 0 spiro atoms. The fraction of sp³-hybridized carbons (Fsp3) is 0.367. The normalized spacial score (nSPS) is 18.6. The van der Waals surface area contributed by atoms with Gasteiger partial charge in [-0.2, -0.15) is 0 Å². The lowest BCUT2D eigenvalue weighted by Crippen LogP contribution is -2.33. The molecule has 0 radical (unpaired) electrons. The van der Waals surface area contributed by atoms with Gasteiger partial charge in [0, 0.05) is 36.8 Å². The number of halogens is 1. The minimum Gasteiger partial charge on any atom is -0.342 e. The van der Waals surface area contributed by atoms with E-state index in [4.69, 9.17) is 0 Å². The highest BCUT2D eigenvalue weighted by Crippen LogP contribution is 2.34. The molecular formula is C30H30FN3O2. The SMILES string of the molecule is Cc1nc(-c2ccc(-c3ccc4c(c3)CC=C4)cc2F)n(C[C@@H]2CCN(C(=O)C3CC3)C2)c(=O)c1C. The van der Waals surface area contributed by atoms with Crippen LogP contribution in [-0.4, -0.2) is 33.4 Å². The smallest absolute Gasteiger partial charge is 0.256 e. The number of fused-ring (bicyclic) bond motifs is 1. The van der Waals surface area contributed by atoms with Gasteiger partial charge >= 0.3 is 0 Å². The molecule has 2 heterocycles. The van der Waals surface area contributed by atoms with Crippen molar-refractivity contribution in [3.8, 4) is 22.5 Å². The summed E-state index contributed by atoms with van der Waals surface area (Å²) in [4.78, 5) is 32.5. The summed E-state index contributed by atoms with van der Waals surface area (Å²) in [6.07, 6.45) is 7.96. The molecule has 1 aliphatic heterocycles. The van der Waals surface area contributed by atoms with Crippen molar-refractivity contribution in [1.29, 1.82) is 0 Å². The summed E-state index contributed by atoms with van der Waals surface area (Å²) in [5.41, 5.74) is 5.60. The minimum absolute atomic E-state index is 0.140. The number of benzene rings is 2. The number of rotatable bonds is 5. The average molecular weight is 484 g/mol. The molecule has 3 aromatic rings. The number of likely N-dealkylation sites (tertiary alicyclic amines) is 1. The monoisotopic (exact) mass is 483 g/mol. The van der Waals surface area contributed by atoms with Gasteiger partial charge in [0.25, 0.3) is 5.56 Å². The Morgan fingerprint density at radius 3 is 2.64 bits per heavy atom. The van der Waals surface area contributed by atoms with Crippen LogP contribution < -0.4 is 5.56 Å². The van der Waals surface area contributed by atoms with Gasteiger partial charge in [0.2, 0.25) is 5.91 Å². The molecule has 184 valence electrons. The van der Waals surface area contributed by atoms with Crippen molar-refractivity contribution < 1.29 is 9.18 Å². The zero-order valence-electron chi connectivity index (χ0n) is 20.8. The zero-order chi connectivity index (χ0) is 25.0. The minimum atomic E-state index is -0.396. The molecule has 36 heavy (non-hydrogen) atoms. The molecule has 0 unspecified atom stereocenters. The molecular weight excluding hydrogens is 453 g/mol. The molecule has 2 fully saturated rings. The Bertz CT molecular complexity index is 1470. The number of carbonyl (C=O) groups is 1. The van der Waals surface area contributed by atoms with Gasteiger partial charge in [-0.1, -0.05) is 36.4 Å². The molecule has 2 aromatic carbocycles. The number of allylic oxidation sites excluding steroid dienone is 1. The van der Waals surface area contributed by atoms with Gasteiger partial charge in [0.15, 0.2) is 0 Å². The number of aryl methyl sites for hydroxylation is 1. The quantitative estimate of drug-likeness (QED) is 0.504. The lowest BCUT2D eigenvalue weighted by Gasteiger charge is -2.20. The lowest BCUT2D eigenvalue weighted by molar-refractivity contribution is -0.131. The summed E-state index contributed by atoms with van der Waals surface area (Å²) in [6, 6.07) is 11.4. The maximum Gasteiger partial charge on any atom is 0.256 e. The second kappa shape index (κ2) is 8.84. The number of nitrogens with zero attached hydrogens (tertiary/aromatic N) is 3. The Morgan fingerprint density at radius 1 is 1.08 bits per heavy atom. The maximum atomic E-state index is 15.6. The van der Waals surface area contributed by atoms with Crippen molar-refractivity contribution in [2.45, 2.75) is 46.1 Å². The van der Waals surface area contributed by atoms with Crippen LogP contribution in [-0.2, 0) is 17.8 Å². The van der Waals surface area contributed by atoms with E-state index in [0.29, 0.717) is 35.7 Å². The highest BCUT2D eigenvalue weighted by Gasteiger charge is 2.37. The molecule has 1 saturated carbocycles. The molecule has 1 atom stereocenters. The predicted octanol–water partition coefficient (Wildman–Crippen LogP) is 5.16. The third kappa shape index (κ3) is 4.08. The number of hydrogen-bond donors (Lipinski definition) is 0. The van der Waals surface area contributed by atoms with Crippen LogP contribution in [0.25, 0.3) is 28.6 Å². The molecule has 6 rings (SSSR count). The van der Waals surface area contributed by atoms with Crippen molar-refractivity contribution in [1.82, 2.24) is 14.5 Å². The molecule has 1 aromatic heterocycles. The van der Waals surface area contributed by atoms with Gasteiger partial charge in [-0.15, -0.1) is 0 Å². The second-order valence-electron chi connectivity index (χ2n) is 10.5. The van der Waals surface area contributed by atoms with E-state index < -0.39 is 5.82 Å². The molecule has 0 bridgehead atoms. The van der Waals surface area contributed by atoms with Crippen LogP contribution in [0.5, 0.6) is 0 Å². The van der Waals surface area contributed by atoms with Crippen molar-refractivity contribution in [2.24, 2.45) is 11.8 Å². The largest absolute Gasteiger partial charge is 0.342 e. The van der Waals surface area contributed by atoms with Crippen LogP contribution in [0, 0.1) is 31.5 Å². The summed E-state index contributed by atoms with van der Waals surface area (Å²) in [5.74, 6) is 0.548. The number of amides is 1. The van der Waals surface area contributed by atoms with Gasteiger partial charge in [-0.25, -0.2) is 9.37 Å². The summed E-state index contributed by atoms with van der Waals surface area (Å²) in [5, 5.41) is 0. The van der Waals surface area contributed by atoms with Crippen molar-refractivity contribution in [3.05, 3.63) is 81.0 Å². The average Bonchev–Trinajstić information content (AvgIpc) is 3.43. The molecule has 5 nitrogen and oxygen atoms in total. The second-order valence-corrected chi connectivity index (χ2v) is 10.5. The van der Waals surface area contributed by atoms with Crippen LogP contribution in [0.3, 0.4) is 0 Å². The van der Waals surface area contributed by atoms with Crippen LogP contribution in [0.4, 0.5) is 4.39 Å². The molecule has 3 aliphatic rings. The summed E-state index contributed by atoms with van der Waals surface area (Å²) in [6.45, 7) is 5.35. The van der Waals surface area contributed by atoms with Crippen molar-refractivity contribution in [2.75, 3.05) is 13.1 Å². The third-order valence-electron chi connectivity index (χ3n) is 7.92. The highest BCUT2D eigenvalue weighted by molar-refractivity contribution is 5.81. The van der Waals surface area contributed by atoms with Gasteiger partial charge < -0.3 is 4.90 Å². The van der Waals surface area contributed by atoms with Gasteiger partial charge in [-0.3, -0.25) is 14.2 Å². The Morgan fingerprint density at radius 2 is 1.86 bits per heavy atom. The Labute approximate surface area is 210 Å². The van der Waals surface area contributed by atoms with Gasteiger partial charge in [0.05, 0.1) is 5.56 Å². The molecule has 0 N–H and O–H groups in total. The predicted molar refractivity (Wildman–Crippen MR) is 139 cm³/mol. The Kier molecular flexibility index (Phi) is 5.62. The summed E-state index contributed by atoms with van der Waals surface area (Å²) in [7, 11) is 0. The topological polar surface area (TPSA) is 55.2 Å². The fourth-order valence-electron chi connectivity index (χ4n) is 5.47. The Hall–Kier alpha value is -3.54. The standard InChI is InChI=1S/C30H30FN3O2/c1-18-19(2)32-28(34(29(18)35)17-20-12-13-33(16-20)30(36)22-7-8-22)26-11-10-25(15-27(26)31)24-9-6-21-4-3-5-23(21)14-24/h3-4,6,9-11,14-15,20,22H,5,7-8,12-13,16-17H2,1-2H3/t20-/m1/s1. The van der Waals surface area contributed by atoms with Crippen LogP contribution in [0.15, 0.2) is 47.3 Å². The van der Waals surface area contributed by atoms with E-state index >= 15 is 4.39 Å². The Balaban J connectivity index is 1.32. The van der Waals surface area contributed by atoms with Crippen LogP contribution in [0.2, 0.25) is 0 Å². The number of aromatic nitrogens is 2. The molecule has 2 aliphatic carbocycles. The van der Waals surface area contributed by atoms with Gasteiger partial charge in [-0.05, 0) is 79.8 Å². The van der Waals surface area contributed by atoms with E-state index in [1.165, 1.54) is 17.2 Å². The van der Waals surface area contributed by atoms with Crippen LogP contribution >= 0.6 is 0 Å². The zero-order valence-corrected chi connectivity index (χ0v) is 20.8. The molecule has 6 heteroatoms. The number of hydrogen-bond acceptors (Lipinski definition) is 3. The van der Waals surface area contributed by atoms with E-state index in [2.05, 4.69) is 29.3 Å². The van der Waals surface area contributed by atoms with Crippen LogP contribution in [0.1, 0.15) is 41.6 Å².